The fourth-order valence-corrected chi connectivity index (χ4v) is 4.27. The molecule has 1 aliphatic rings. The first-order chi connectivity index (χ1) is 10.9. The molecule has 5 nitrogen and oxygen atoms in total. The summed E-state index contributed by atoms with van der Waals surface area (Å²) in [5.74, 6) is 0.177. The lowest BCUT2D eigenvalue weighted by Crippen LogP contribution is -2.34. The van der Waals surface area contributed by atoms with Crippen molar-refractivity contribution in [2.45, 2.75) is 43.9 Å². The maximum atomic E-state index is 12.3. The van der Waals surface area contributed by atoms with Crippen molar-refractivity contribution in [3.8, 4) is 0 Å². The SMILES string of the molecule is Cc1ccc(Cl)cc1S(=O)(=O)NCCCN1CCCCCC1=O. The number of aryl methyl sites for hydroxylation is 1. The smallest absolute Gasteiger partial charge is 0.240 e. The molecular formula is C16H23ClN2O3S. The number of hydrogen-bond acceptors (Lipinski definition) is 3. The second-order valence-corrected chi connectivity index (χ2v) is 8.02. The lowest BCUT2D eigenvalue weighted by atomic mass is 10.2. The van der Waals surface area contributed by atoms with Crippen LogP contribution in [0.3, 0.4) is 0 Å². The van der Waals surface area contributed by atoms with Crippen LogP contribution < -0.4 is 4.72 Å². The predicted octanol–water partition coefficient (Wildman–Crippen LogP) is 2.72. The van der Waals surface area contributed by atoms with Gasteiger partial charge in [-0.05, 0) is 43.9 Å². The van der Waals surface area contributed by atoms with Crippen LogP contribution >= 0.6 is 11.6 Å². The van der Waals surface area contributed by atoms with Crippen LogP contribution in [0.5, 0.6) is 0 Å². The third kappa shape index (κ3) is 5.19. The molecule has 7 heteroatoms. The van der Waals surface area contributed by atoms with E-state index in [0.717, 1.165) is 25.8 Å². The van der Waals surface area contributed by atoms with Crippen LogP contribution in [0.2, 0.25) is 5.02 Å². The van der Waals surface area contributed by atoms with Crippen LogP contribution in [-0.4, -0.2) is 38.9 Å². The Labute approximate surface area is 143 Å². The molecule has 1 aliphatic heterocycles. The van der Waals surface area contributed by atoms with Gasteiger partial charge in [0.05, 0.1) is 4.90 Å². The maximum absolute atomic E-state index is 12.3. The van der Waals surface area contributed by atoms with Crippen molar-refractivity contribution in [2.75, 3.05) is 19.6 Å². The molecular weight excluding hydrogens is 336 g/mol. The minimum atomic E-state index is -3.58. The normalized spacial score (nSPS) is 16.4. The van der Waals surface area contributed by atoms with E-state index in [1.54, 1.807) is 19.1 Å². The summed E-state index contributed by atoms with van der Waals surface area (Å²) in [4.78, 5) is 13.9. The molecule has 0 bridgehead atoms. The Hall–Kier alpha value is -1.11. The molecule has 1 amide bonds. The summed E-state index contributed by atoms with van der Waals surface area (Å²) >= 11 is 5.88. The molecule has 1 N–H and O–H groups in total. The van der Waals surface area contributed by atoms with Crippen molar-refractivity contribution in [1.29, 1.82) is 0 Å². The Morgan fingerprint density at radius 3 is 2.83 bits per heavy atom. The van der Waals surface area contributed by atoms with Gasteiger partial charge in [0.15, 0.2) is 0 Å². The van der Waals surface area contributed by atoms with Gasteiger partial charge in [0.2, 0.25) is 15.9 Å². The van der Waals surface area contributed by atoms with Crippen molar-refractivity contribution >= 4 is 27.5 Å². The highest BCUT2D eigenvalue weighted by atomic mass is 35.5. The fourth-order valence-electron chi connectivity index (χ4n) is 2.69. The fraction of sp³-hybridized carbons (Fsp3) is 0.562. The molecule has 0 radical (unpaired) electrons. The molecule has 0 atom stereocenters. The molecule has 1 saturated heterocycles. The van der Waals surface area contributed by atoms with Gasteiger partial charge >= 0.3 is 0 Å². The lowest BCUT2D eigenvalue weighted by Gasteiger charge is -2.20. The summed E-state index contributed by atoms with van der Waals surface area (Å²) in [7, 11) is -3.58. The average Bonchev–Trinajstić information content (AvgIpc) is 2.71. The minimum Gasteiger partial charge on any atom is -0.343 e. The molecule has 1 aromatic carbocycles. The summed E-state index contributed by atoms with van der Waals surface area (Å²) in [5.41, 5.74) is 0.657. The average molecular weight is 359 g/mol. The van der Waals surface area contributed by atoms with E-state index in [1.807, 2.05) is 4.90 Å². The van der Waals surface area contributed by atoms with Gasteiger partial charge in [-0.2, -0.15) is 0 Å². The predicted molar refractivity (Wildman–Crippen MR) is 91.0 cm³/mol. The molecule has 0 aliphatic carbocycles. The Morgan fingerprint density at radius 1 is 1.26 bits per heavy atom. The van der Waals surface area contributed by atoms with Crippen LogP contribution in [0.1, 0.15) is 37.7 Å². The van der Waals surface area contributed by atoms with Gasteiger partial charge in [-0.25, -0.2) is 13.1 Å². The number of carbonyl (C=O) groups is 1. The van der Waals surface area contributed by atoms with Crippen LogP contribution in [0.25, 0.3) is 0 Å². The van der Waals surface area contributed by atoms with E-state index < -0.39 is 10.0 Å². The molecule has 0 saturated carbocycles. The number of benzene rings is 1. The third-order valence-electron chi connectivity index (χ3n) is 4.01. The number of amides is 1. The Morgan fingerprint density at radius 2 is 2.04 bits per heavy atom. The van der Waals surface area contributed by atoms with Crippen molar-refractivity contribution in [2.24, 2.45) is 0 Å². The first-order valence-corrected chi connectivity index (χ1v) is 9.80. The van der Waals surface area contributed by atoms with E-state index in [9.17, 15) is 13.2 Å². The maximum Gasteiger partial charge on any atom is 0.240 e. The molecule has 2 rings (SSSR count). The minimum absolute atomic E-state index is 0.177. The van der Waals surface area contributed by atoms with Gasteiger partial charge in [0, 0.05) is 31.1 Å². The monoisotopic (exact) mass is 358 g/mol. The molecule has 0 spiro atoms. The Bertz CT molecular complexity index is 661. The summed E-state index contributed by atoms with van der Waals surface area (Å²) in [6.45, 7) is 3.41. The zero-order chi connectivity index (χ0) is 16.9. The molecule has 0 aromatic heterocycles. The van der Waals surface area contributed by atoms with E-state index >= 15 is 0 Å². The van der Waals surface area contributed by atoms with Crippen LogP contribution in [0.4, 0.5) is 0 Å². The summed E-state index contributed by atoms with van der Waals surface area (Å²) < 4.78 is 27.2. The summed E-state index contributed by atoms with van der Waals surface area (Å²) in [6.07, 6.45) is 4.27. The van der Waals surface area contributed by atoms with Gasteiger partial charge in [-0.1, -0.05) is 24.1 Å². The molecule has 23 heavy (non-hydrogen) atoms. The van der Waals surface area contributed by atoms with E-state index in [4.69, 9.17) is 11.6 Å². The van der Waals surface area contributed by atoms with Crippen LogP contribution in [-0.2, 0) is 14.8 Å². The second kappa shape index (κ2) is 8.13. The zero-order valence-electron chi connectivity index (χ0n) is 13.3. The highest BCUT2D eigenvalue weighted by Crippen LogP contribution is 2.20. The van der Waals surface area contributed by atoms with Crippen molar-refractivity contribution in [3.63, 3.8) is 0 Å². The van der Waals surface area contributed by atoms with Crippen molar-refractivity contribution in [3.05, 3.63) is 28.8 Å². The van der Waals surface area contributed by atoms with E-state index in [1.165, 1.54) is 6.07 Å². The van der Waals surface area contributed by atoms with Gasteiger partial charge in [-0.3, -0.25) is 4.79 Å². The first-order valence-electron chi connectivity index (χ1n) is 7.94. The first kappa shape index (κ1) is 18.2. The Balaban J connectivity index is 1.87. The molecule has 128 valence electrons. The third-order valence-corrected chi connectivity index (χ3v) is 5.85. The largest absolute Gasteiger partial charge is 0.343 e. The number of likely N-dealkylation sites (tertiary alicyclic amines) is 1. The van der Waals surface area contributed by atoms with E-state index in [0.29, 0.717) is 36.5 Å². The number of carbonyl (C=O) groups excluding carboxylic acids is 1. The Kier molecular flexibility index (Phi) is 6.44. The highest BCUT2D eigenvalue weighted by Gasteiger charge is 2.18. The van der Waals surface area contributed by atoms with Crippen molar-refractivity contribution in [1.82, 2.24) is 9.62 Å². The van der Waals surface area contributed by atoms with Gasteiger partial charge in [0.1, 0.15) is 0 Å². The van der Waals surface area contributed by atoms with Gasteiger partial charge in [0.25, 0.3) is 0 Å². The number of nitrogens with one attached hydrogen (secondary N) is 1. The number of halogens is 1. The zero-order valence-corrected chi connectivity index (χ0v) is 14.9. The highest BCUT2D eigenvalue weighted by molar-refractivity contribution is 7.89. The number of hydrogen-bond donors (Lipinski definition) is 1. The summed E-state index contributed by atoms with van der Waals surface area (Å²) in [6, 6.07) is 4.81. The quantitative estimate of drug-likeness (QED) is 0.795. The number of sulfonamides is 1. The van der Waals surface area contributed by atoms with E-state index in [-0.39, 0.29) is 10.8 Å². The van der Waals surface area contributed by atoms with Gasteiger partial charge < -0.3 is 4.90 Å². The molecule has 0 unspecified atom stereocenters. The van der Waals surface area contributed by atoms with Crippen LogP contribution in [0.15, 0.2) is 23.1 Å². The van der Waals surface area contributed by atoms with E-state index in [2.05, 4.69) is 4.72 Å². The summed E-state index contributed by atoms with van der Waals surface area (Å²) in [5, 5.41) is 0.395. The molecule has 1 heterocycles. The topological polar surface area (TPSA) is 66.5 Å². The van der Waals surface area contributed by atoms with Crippen molar-refractivity contribution < 1.29 is 13.2 Å². The second-order valence-electron chi connectivity index (χ2n) is 5.85. The standard InChI is InChI=1S/C16H23ClN2O3S/c1-13-7-8-14(17)12-15(13)23(21,22)18-9-5-11-19-10-4-2-3-6-16(19)20/h7-8,12,18H,2-6,9-11H2,1H3. The molecule has 1 aromatic rings. The number of nitrogens with zero attached hydrogens (tertiary/aromatic N) is 1. The number of rotatable bonds is 6. The van der Waals surface area contributed by atoms with Gasteiger partial charge in [-0.15, -0.1) is 0 Å². The lowest BCUT2D eigenvalue weighted by molar-refractivity contribution is -0.130. The van der Waals surface area contributed by atoms with Crippen LogP contribution in [0, 0.1) is 6.92 Å². The molecule has 1 fully saturated rings.